The van der Waals surface area contributed by atoms with Gasteiger partial charge in [-0.3, -0.25) is 19.0 Å². The molecule has 0 saturated carbocycles. The molecular weight excluding hydrogens is 467 g/mol. The summed E-state index contributed by atoms with van der Waals surface area (Å²) in [7, 11) is 0. The molecule has 2 aliphatic rings. The molecule has 2 unspecified atom stereocenters. The Labute approximate surface area is 206 Å². The minimum absolute atomic E-state index is 0.00934. The Morgan fingerprint density at radius 1 is 1.14 bits per heavy atom. The second kappa shape index (κ2) is 9.63. The van der Waals surface area contributed by atoms with Gasteiger partial charge < -0.3 is 20.1 Å². The number of hydrogen-bond acceptors (Lipinski definition) is 6. The standard InChI is InChI=1S/C26H25FN4O5/c27-19-8-6-17(7-9-19)15-28-23(34)20-14-22(33)31-12-13-36-26(25(31)29-20)10-11-30(16-21(26)32)24(35)18-4-2-1-3-5-18/h1-9,14,21,32H,10-13,15-16H2,(H,28,34). The number of halogens is 1. The molecule has 3 aromatic rings. The first-order valence-corrected chi connectivity index (χ1v) is 11.7. The van der Waals surface area contributed by atoms with E-state index in [1.807, 2.05) is 6.07 Å². The zero-order valence-corrected chi connectivity index (χ0v) is 19.4. The van der Waals surface area contributed by atoms with Gasteiger partial charge in [-0.25, -0.2) is 9.37 Å². The average Bonchev–Trinajstić information content (AvgIpc) is 2.90. The van der Waals surface area contributed by atoms with Crippen LogP contribution in [0.3, 0.4) is 0 Å². The van der Waals surface area contributed by atoms with Crippen LogP contribution in [0.25, 0.3) is 0 Å². The van der Waals surface area contributed by atoms with Crippen LogP contribution in [0.5, 0.6) is 0 Å². The van der Waals surface area contributed by atoms with Crippen molar-refractivity contribution in [2.75, 3.05) is 19.7 Å². The Morgan fingerprint density at radius 2 is 1.89 bits per heavy atom. The number of benzene rings is 2. The number of amides is 2. The molecule has 9 nitrogen and oxygen atoms in total. The van der Waals surface area contributed by atoms with E-state index in [0.29, 0.717) is 11.1 Å². The smallest absolute Gasteiger partial charge is 0.270 e. The van der Waals surface area contributed by atoms with Crippen LogP contribution in [0.2, 0.25) is 0 Å². The Balaban J connectivity index is 1.38. The summed E-state index contributed by atoms with van der Waals surface area (Å²) in [6.07, 6.45) is -0.949. The van der Waals surface area contributed by atoms with E-state index in [0.717, 1.165) is 6.07 Å². The largest absolute Gasteiger partial charge is 0.388 e. The van der Waals surface area contributed by atoms with Crippen LogP contribution >= 0.6 is 0 Å². The highest BCUT2D eigenvalue weighted by atomic mass is 19.1. The van der Waals surface area contributed by atoms with Gasteiger partial charge in [-0.15, -0.1) is 0 Å². The van der Waals surface area contributed by atoms with E-state index in [2.05, 4.69) is 10.3 Å². The summed E-state index contributed by atoms with van der Waals surface area (Å²) in [6, 6.07) is 15.6. The monoisotopic (exact) mass is 492 g/mol. The Kier molecular flexibility index (Phi) is 6.38. The van der Waals surface area contributed by atoms with Gasteiger partial charge in [-0.05, 0) is 29.8 Å². The molecule has 1 spiro atoms. The van der Waals surface area contributed by atoms with Crippen molar-refractivity contribution >= 4 is 11.8 Å². The van der Waals surface area contributed by atoms with Gasteiger partial charge in [0.05, 0.1) is 19.7 Å². The number of likely N-dealkylation sites (tertiary alicyclic amines) is 1. The van der Waals surface area contributed by atoms with Gasteiger partial charge >= 0.3 is 0 Å². The molecule has 2 N–H and O–H groups in total. The third-order valence-corrected chi connectivity index (χ3v) is 6.65. The Morgan fingerprint density at radius 3 is 2.61 bits per heavy atom. The number of carbonyl (C=O) groups is 2. The number of ether oxygens (including phenoxy) is 1. The lowest BCUT2D eigenvalue weighted by Gasteiger charge is -2.47. The number of nitrogens with one attached hydrogen (secondary N) is 1. The van der Waals surface area contributed by atoms with E-state index in [1.54, 1.807) is 41.3 Å². The molecule has 2 atom stereocenters. The predicted octanol–water partition coefficient (Wildman–Crippen LogP) is 1.44. The van der Waals surface area contributed by atoms with Crippen molar-refractivity contribution in [2.24, 2.45) is 0 Å². The maximum absolute atomic E-state index is 13.1. The molecule has 186 valence electrons. The fourth-order valence-electron chi connectivity index (χ4n) is 4.71. The molecule has 0 radical (unpaired) electrons. The van der Waals surface area contributed by atoms with Gasteiger partial charge in [0.1, 0.15) is 23.4 Å². The number of β-amino-alcohol motifs (C(OH)–C–C–N with tert-alkyl or cyclic N) is 1. The molecule has 2 aliphatic heterocycles. The van der Waals surface area contributed by atoms with E-state index in [-0.39, 0.29) is 62.4 Å². The lowest BCUT2D eigenvalue weighted by molar-refractivity contribution is -0.178. The van der Waals surface area contributed by atoms with Gasteiger partial charge in [0.15, 0.2) is 5.60 Å². The number of hydrogen-bond donors (Lipinski definition) is 2. The maximum Gasteiger partial charge on any atom is 0.270 e. The molecule has 2 amide bonds. The van der Waals surface area contributed by atoms with Crippen molar-refractivity contribution in [3.8, 4) is 0 Å². The topological polar surface area (TPSA) is 114 Å². The van der Waals surface area contributed by atoms with Crippen LogP contribution < -0.4 is 10.9 Å². The lowest BCUT2D eigenvalue weighted by atomic mass is 9.85. The zero-order valence-electron chi connectivity index (χ0n) is 19.4. The molecule has 10 heteroatoms. The lowest BCUT2D eigenvalue weighted by Crippen LogP contribution is -2.60. The number of fused-ring (bicyclic) bond motifs is 2. The van der Waals surface area contributed by atoms with E-state index in [9.17, 15) is 23.9 Å². The quantitative estimate of drug-likeness (QED) is 0.570. The molecule has 2 aromatic carbocycles. The third kappa shape index (κ3) is 4.40. The molecule has 1 saturated heterocycles. The summed E-state index contributed by atoms with van der Waals surface area (Å²) in [4.78, 5) is 44.6. The number of nitrogens with zero attached hydrogens (tertiary/aromatic N) is 3. The van der Waals surface area contributed by atoms with E-state index < -0.39 is 23.2 Å². The summed E-state index contributed by atoms with van der Waals surface area (Å²) < 4.78 is 20.6. The van der Waals surface area contributed by atoms with Gasteiger partial charge in [-0.2, -0.15) is 0 Å². The minimum Gasteiger partial charge on any atom is -0.388 e. The second-order valence-electron chi connectivity index (χ2n) is 8.88. The molecule has 0 aliphatic carbocycles. The average molecular weight is 493 g/mol. The van der Waals surface area contributed by atoms with Crippen molar-refractivity contribution in [2.45, 2.75) is 31.2 Å². The summed E-state index contributed by atoms with van der Waals surface area (Å²) in [5, 5.41) is 13.9. The van der Waals surface area contributed by atoms with E-state index in [4.69, 9.17) is 4.74 Å². The fourth-order valence-corrected chi connectivity index (χ4v) is 4.71. The molecular formula is C26H25FN4O5. The number of aliphatic hydroxyl groups excluding tert-OH is 1. The fraction of sp³-hybridized carbons (Fsp3) is 0.308. The van der Waals surface area contributed by atoms with Gasteiger partial charge in [0, 0.05) is 31.1 Å². The summed E-state index contributed by atoms with van der Waals surface area (Å²) >= 11 is 0. The number of aromatic nitrogens is 2. The Hall–Kier alpha value is -3.89. The van der Waals surface area contributed by atoms with Crippen LogP contribution in [0, 0.1) is 5.82 Å². The van der Waals surface area contributed by atoms with Crippen molar-refractivity contribution in [3.63, 3.8) is 0 Å². The van der Waals surface area contributed by atoms with Crippen LogP contribution in [0.1, 0.15) is 38.7 Å². The number of piperidine rings is 1. The van der Waals surface area contributed by atoms with Crippen LogP contribution in [0.4, 0.5) is 4.39 Å². The van der Waals surface area contributed by atoms with Crippen LogP contribution in [-0.4, -0.2) is 57.2 Å². The summed E-state index contributed by atoms with van der Waals surface area (Å²) in [6.45, 7) is 0.820. The highest BCUT2D eigenvalue weighted by Gasteiger charge is 2.50. The van der Waals surface area contributed by atoms with Crippen molar-refractivity contribution in [1.29, 1.82) is 0 Å². The first-order valence-electron chi connectivity index (χ1n) is 11.7. The molecule has 1 aromatic heterocycles. The van der Waals surface area contributed by atoms with E-state index in [1.165, 1.54) is 16.7 Å². The number of rotatable bonds is 4. The van der Waals surface area contributed by atoms with Gasteiger partial charge in [-0.1, -0.05) is 30.3 Å². The zero-order chi connectivity index (χ0) is 25.3. The van der Waals surface area contributed by atoms with Crippen molar-refractivity contribution < 1.29 is 23.8 Å². The maximum atomic E-state index is 13.1. The molecule has 1 fully saturated rings. The van der Waals surface area contributed by atoms with Gasteiger partial charge in [0.25, 0.3) is 17.4 Å². The SMILES string of the molecule is O=C(NCc1ccc(F)cc1)c1cc(=O)n2c(n1)C1(CCN(C(=O)c3ccccc3)CC1O)OCC2. The summed E-state index contributed by atoms with van der Waals surface area (Å²) in [5.41, 5.74) is -0.652. The molecule has 0 bridgehead atoms. The first-order chi connectivity index (χ1) is 17.4. The molecule has 5 rings (SSSR count). The van der Waals surface area contributed by atoms with E-state index >= 15 is 0 Å². The second-order valence-corrected chi connectivity index (χ2v) is 8.88. The minimum atomic E-state index is -1.32. The number of carbonyl (C=O) groups excluding carboxylic acids is 2. The van der Waals surface area contributed by atoms with Gasteiger partial charge in [0.2, 0.25) is 0 Å². The number of aliphatic hydroxyl groups is 1. The first kappa shape index (κ1) is 23.8. The molecule has 36 heavy (non-hydrogen) atoms. The Bertz CT molecular complexity index is 1340. The summed E-state index contributed by atoms with van der Waals surface area (Å²) in [5.74, 6) is -0.992. The van der Waals surface area contributed by atoms with Crippen LogP contribution in [0.15, 0.2) is 65.5 Å². The predicted molar refractivity (Wildman–Crippen MR) is 127 cm³/mol. The highest BCUT2D eigenvalue weighted by Crippen LogP contribution is 2.38. The molecule has 3 heterocycles. The third-order valence-electron chi connectivity index (χ3n) is 6.65. The van der Waals surface area contributed by atoms with Crippen molar-refractivity contribution in [3.05, 3.63) is 99.5 Å². The highest BCUT2D eigenvalue weighted by molar-refractivity contribution is 5.94. The normalized spacial score (nSPS) is 21.2. The van der Waals surface area contributed by atoms with Crippen LogP contribution in [-0.2, 0) is 23.4 Å². The van der Waals surface area contributed by atoms with Crippen molar-refractivity contribution in [1.82, 2.24) is 19.8 Å².